The Bertz CT molecular complexity index is 970. The lowest BCUT2D eigenvalue weighted by molar-refractivity contribution is 0.376. The summed E-state index contributed by atoms with van der Waals surface area (Å²) < 4.78 is 37.9. The maximum Gasteiger partial charge on any atom is 0.242 e. The molecule has 0 spiro atoms. The second-order valence-corrected chi connectivity index (χ2v) is 8.17. The largest absolute Gasteiger partial charge is 0.497 e. The van der Waals surface area contributed by atoms with Gasteiger partial charge in [0.15, 0.2) is 0 Å². The first kappa shape index (κ1) is 18.6. The zero-order valence-corrected chi connectivity index (χ0v) is 16.2. The van der Waals surface area contributed by atoms with E-state index in [0.717, 1.165) is 15.8 Å². The molecule has 0 aliphatic rings. The Labute approximate surface area is 159 Å². The standard InChI is InChI=1S/C17H16BrN3O4S/c1-24-15-8-4-13(5-9-15)17-20-16(25-21-17)10-19-26(22,23)11-12-2-6-14(18)7-3-12/h2-9,19H,10-11H2,1H3. The third kappa shape index (κ3) is 4.90. The molecule has 0 saturated heterocycles. The van der Waals surface area contributed by atoms with Crippen molar-refractivity contribution in [2.45, 2.75) is 12.3 Å². The molecule has 0 fully saturated rings. The highest BCUT2D eigenvalue weighted by Crippen LogP contribution is 2.19. The fraction of sp³-hybridized carbons (Fsp3) is 0.176. The van der Waals surface area contributed by atoms with Gasteiger partial charge in [-0.15, -0.1) is 0 Å². The van der Waals surface area contributed by atoms with Crippen molar-refractivity contribution in [3.63, 3.8) is 0 Å². The molecule has 3 rings (SSSR count). The smallest absolute Gasteiger partial charge is 0.242 e. The lowest BCUT2D eigenvalue weighted by atomic mass is 10.2. The van der Waals surface area contributed by atoms with Crippen molar-refractivity contribution in [1.82, 2.24) is 14.9 Å². The number of rotatable bonds is 7. The van der Waals surface area contributed by atoms with Crippen molar-refractivity contribution >= 4 is 26.0 Å². The van der Waals surface area contributed by atoms with Crippen LogP contribution < -0.4 is 9.46 Å². The molecule has 0 bridgehead atoms. The second kappa shape index (κ2) is 7.98. The van der Waals surface area contributed by atoms with Gasteiger partial charge in [-0.25, -0.2) is 13.1 Å². The molecule has 3 aromatic rings. The Balaban J connectivity index is 1.62. The van der Waals surface area contributed by atoms with Gasteiger partial charge in [-0.3, -0.25) is 0 Å². The number of hydrogen-bond acceptors (Lipinski definition) is 6. The Hall–Kier alpha value is -2.23. The van der Waals surface area contributed by atoms with Crippen molar-refractivity contribution in [2.75, 3.05) is 7.11 Å². The van der Waals surface area contributed by atoms with E-state index in [4.69, 9.17) is 9.26 Å². The molecule has 136 valence electrons. The van der Waals surface area contributed by atoms with E-state index in [2.05, 4.69) is 30.8 Å². The summed E-state index contributed by atoms with van der Waals surface area (Å²) in [6, 6.07) is 14.2. The highest BCUT2D eigenvalue weighted by molar-refractivity contribution is 9.10. The fourth-order valence-corrected chi connectivity index (χ4v) is 3.55. The van der Waals surface area contributed by atoms with Crippen LogP contribution in [0.1, 0.15) is 11.5 Å². The van der Waals surface area contributed by atoms with Crippen LogP contribution in [0.15, 0.2) is 57.5 Å². The van der Waals surface area contributed by atoms with Crippen LogP contribution in [0.4, 0.5) is 0 Å². The van der Waals surface area contributed by atoms with Gasteiger partial charge in [-0.1, -0.05) is 33.2 Å². The third-order valence-electron chi connectivity index (χ3n) is 3.53. The van der Waals surface area contributed by atoms with Gasteiger partial charge in [0.05, 0.1) is 19.4 Å². The van der Waals surface area contributed by atoms with Gasteiger partial charge in [0.25, 0.3) is 0 Å². The number of ether oxygens (including phenoxy) is 1. The van der Waals surface area contributed by atoms with Crippen molar-refractivity contribution in [3.05, 3.63) is 64.5 Å². The molecule has 0 unspecified atom stereocenters. The minimum absolute atomic E-state index is 0.0674. The van der Waals surface area contributed by atoms with E-state index >= 15 is 0 Å². The highest BCUT2D eigenvalue weighted by Gasteiger charge is 2.15. The molecule has 0 saturated carbocycles. The molecule has 0 radical (unpaired) electrons. The van der Waals surface area contributed by atoms with Crippen molar-refractivity contribution in [2.24, 2.45) is 0 Å². The molecule has 0 amide bonds. The Morgan fingerprint density at radius 3 is 2.46 bits per heavy atom. The van der Waals surface area contributed by atoms with Crippen LogP contribution in [0.2, 0.25) is 0 Å². The number of benzene rings is 2. The van der Waals surface area contributed by atoms with Gasteiger partial charge in [-0.05, 0) is 42.0 Å². The molecule has 0 atom stereocenters. The van der Waals surface area contributed by atoms with E-state index in [1.165, 1.54) is 0 Å². The average Bonchev–Trinajstić information content (AvgIpc) is 3.11. The highest BCUT2D eigenvalue weighted by atomic mass is 79.9. The van der Waals surface area contributed by atoms with Crippen LogP contribution in [-0.4, -0.2) is 25.7 Å². The number of nitrogens with one attached hydrogen (secondary N) is 1. The third-order valence-corrected chi connectivity index (χ3v) is 5.36. The van der Waals surface area contributed by atoms with Crippen LogP contribution >= 0.6 is 15.9 Å². The first-order valence-electron chi connectivity index (χ1n) is 7.64. The first-order chi connectivity index (χ1) is 12.4. The van der Waals surface area contributed by atoms with Gasteiger partial charge in [-0.2, -0.15) is 4.98 Å². The molecule has 9 heteroatoms. The first-order valence-corrected chi connectivity index (χ1v) is 10.1. The summed E-state index contributed by atoms with van der Waals surface area (Å²) in [6.45, 7) is -0.0674. The van der Waals surface area contributed by atoms with Crippen LogP contribution in [0.5, 0.6) is 5.75 Å². The molecule has 0 aliphatic carbocycles. The van der Waals surface area contributed by atoms with E-state index in [9.17, 15) is 8.42 Å². The lowest BCUT2D eigenvalue weighted by Crippen LogP contribution is -2.24. The van der Waals surface area contributed by atoms with Crippen LogP contribution in [0, 0.1) is 0 Å². The second-order valence-electron chi connectivity index (χ2n) is 5.45. The molecule has 1 heterocycles. The van der Waals surface area contributed by atoms with Gasteiger partial charge in [0.1, 0.15) is 5.75 Å². The van der Waals surface area contributed by atoms with E-state index in [1.807, 2.05) is 0 Å². The fourth-order valence-electron chi connectivity index (χ4n) is 2.21. The maximum absolute atomic E-state index is 12.2. The van der Waals surface area contributed by atoms with Crippen LogP contribution in [0.25, 0.3) is 11.4 Å². The van der Waals surface area contributed by atoms with E-state index < -0.39 is 10.0 Å². The quantitative estimate of drug-likeness (QED) is 0.609. The van der Waals surface area contributed by atoms with Gasteiger partial charge >= 0.3 is 0 Å². The zero-order chi connectivity index (χ0) is 18.6. The average molecular weight is 438 g/mol. The number of halogens is 1. The molecular weight excluding hydrogens is 422 g/mol. The minimum Gasteiger partial charge on any atom is -0.497 e. The molecule has 1 aromatic heterocycles. The van der Waals surface area contributed by atoms with Crippen LogP contribution in [0.3, 0.4) is 0 Å². The molecule has 0 aliphatic heterocycles. The summed E-state index contributed by atoms with van der Waals surface area (Å²) in [4.78, 5) is 4.21. The predicted molar refractivity (Wildman–Crippen MR) is 99.9 cm³/mol. The van der Waals surface area contributed by atoms with E-state index in [-0.39, 0.29) is 18.2 Å². The summed E-state index contributed by atoms with van der Waals surface area (Å²) >= 11 is 3.32. The Kier molecular flexibility index (Phi) is 5.70. The monoisotopic (exact) mass is 437 g/mol. The SMILES string of the molecule is COc1ccc(-c2noc(CNS(=O)(=O)Cc3ccc(Br)cc3)n2)cc1. The maximum atomic E-state index is 12.2. The van der Waals surface area contributed by atoms with Crippen LogP contribution in [-0.2, 0) is 22.3 Å². The molecule has 26 heavy (non-hydrogen) atoms. The predicted octanol–water partition coefficient (Wildman–Crippen LogP) is 3.13. The summed E-state index contributed by atoms with van der Waals surface area (Å²) in [5.41, 5.74) is 1.43. The van der Waals surface area contributed by atoms with E-state index in [1.54, 1.807) is 55.6 Å². The summed E-state index contributed by atoms with van der Waals surface area (Å²) in [5, 5.41) is 3.87. The summed E-state index contributed by atoms with van der Waals surface area (Å²) in [7, 11) is -1.93. The Morgan fingerprint density at radius 2 is 1.81 bits per heavy atom. The number of hydrogen-bond donors (Lipinski definition) is 1. The number of sulfonamides is 1. The van der Waals surface area contributed by atoms with Crippen molar-refractivity contribution < 1.29 is 17.7 Å². The van der Waals surface area contributed by atoms with E-state index in [0.29, 0.717) is 11.4 Å². The van der Waals surface area contributed by atoms with Gasteiger partial charge in [0.2, 0.25) is 21.7 Å². The normalized spacial score (nSPS) is 11.5. The molecule has 7 nitrogen and oxygen atoms in total. The summed E-state index contributed by atoms with van der Waals surface area (Å²) in [6.07, 6.45) is 0. The minimum atomic E-state index is -3.52. The number of nitrogens with zero attached hydrogens (tertiary/aromatic N) is 2. The lowest BCUT2D eigenvalue weighted by Gasteiger charge is -2.04. The molecule has 1 N–H and O–H groups in total. The Morgan fingerprint density at radius 1 is 1.12 bits per heavy atom. The summed E-state index contributed by atoms with van der Waals surface area (Å²) in [5.74, 6) is 1.17. The molecule has 2 aromatic carbocycles. The number of aromatic nitrogens is 2. The topological polar surface area (TPSA) is 94.3 Å². The molecular formula is C17H16BrN3O4S. The van der Waals surface area contributed by atoms with Crippen molar-refractivity contribution in [1.29, 1.82) is 0 Å². The zero-order valence-electron chi connectivity index (χ0n) is 13.8. The van der Waals surface area contributed by atoms with Gasteiger partial charge in [0, 0.05) is 10.0 Å². The van der Waals surface area contributed by atoms with Crippen molar-refractivity contribution in [3.8, 4) is 17.1 Å². The number of methoxy groups -OCH3 is 1. The van der Waals surface area contributed by atoms with Gasteiger partial charge < -0.3 is 9.26 Å².